The summed E-state index contributed by atoms with van der Waals surface area (Å²) >= 11 is 7.71. The molecular formula is C9H13ClN4OS. The minimum Gasteiger partial charge on any atom is -0.467 e. The van der Waals surface area contributed by atoms with E-state index in [0.29, 0.717) is 11.2 Å². The van der Waals surface area contributed by atoms with E-state index >= 15 is 0 Å². The summed E-state index contributed by atoms with van der Waals surface area (Å²) in [6.45, 7) is 0.855. The van der Waals surface area contributed by atoms with Crippen LogP contribution in [0.5, 0.6) is 6.01 Å². The van der Waals surface area contributed by atoms with E-state index < -0.39 is 0 Å². The van der Waals surface area contributed by atoms with Crippen molar-refractivity contribution in [1.29, 1.82) is 0 Å². The SMILES string of the molecule is COc1nc(Cl)nc(NCC2CCCS2)n1. The molecule has 2 heterocycles. The number of anilines is 1. The Labute approximate surface area is 103 Å². The molecule has 1 N–H and O–H groups in total. The Morgan fingerprint density at radius 3 is 3.06 bits per heavy atom. The minimum atomic E-state index is 0.147. The number of aromatic nitrogens is 3. The highest BCUT2D eigenvalue weighted by Crippen LogP contribution is 2.26. The van der Waals surface area contributed by atoms with Crippen molar-refractivity contribution in [2.24, 2.45) is 0 Å². The lowest BCUT2D eigenvalue weighted by Gasteiger charge is -2.10. The number of nitrogens with zero attached hydrogens (tertiary/aromatic N) is 3. The average molecular weight is 261 g/mol. The first-order chi connectivity index (χ1) is 7.78. The number of methoxy groups -OCH3 is 1. The molecule has 16 heavy (non-hydrogen) atoms. The van der Waals surface area contributed by atoms with Crippen LogP contribution in [0, 0.1) is 0 Å². The van der Waals surface area contributed by atoms with Crippen molar-refractivity contribution in [3.8, 4) is 6.01 Å². The summed E-state index contributed by atoms with van der Waals surface area (Å²) in [5.74, 6) is 1.72. The molecule has 1 atom stereocenters. The van der Waals surface area contributed by atoms with Crippen LogP contribution in [0.25, 0.3) is 0 Å². The van der Waals surface area contributed by atoms with Crippen molar-refractivity contribution in [2.75, 3.05) is 24.7 Å². The quantitative estimate of drug-likeness (QED) is 0.892. The zero-order valence-corrected chi connectivity index (χ0v) is 10.5. The van der Waals surface area contributed by atoms with E-state index in [1.165, 1.54) is 25.7 Å². The molecule has 1 aromatic rings. The molecule has 1 saturated heterocycles. The standard InChI is InChI=1S/C9H13ClN4OS/c1-15-9-13-7(10)12-8(14-9)11-5-6-3-2-4-16-6/h6H,2-5H2,1H3,(H,11,12,13,14). The minimum absolute atomic E-state index is 0.147. The Kier molecular flexibility index (Phi) is 4.06. The Bertz CT molecular complexity index is 359. The number of nitrogens with one attached hydrogen (secondary N) is 1. The van der Waals surface area contributed by atoms with Crippen LogP contribution in [0.15, 0.2) is 0 Å². The zero-order valence-electron chi connectivity index (χ0n) is 8.94. The van der Waals surface area contributed by atoms with Crippen LogP contribution < -0.4 is 10.1 Å². The molecule has 0 amide bonds. The normalized spacial score (nSPS) is 19.8. The van der Waals surface area contributed by atoms with Gasteiger partial charge in [-0.15, -0.1) is 0 Å². The summed E-state index contributed by atoms with van der Waals surface area (Å²) in [5.41, 5.74) is 0. The van der Waals surface area contributed by atoms with Gasteiger partial charge in [-0.25, -0.2) is 0 Å². The van der Waals surface area contributed by atoms with Crippen LogP contribution in [-0.2, 0) is 0 Å². The fourth-order valence-electron chi connectivity index (χ4n) is 1.51. The lowest BCUT2D eigenvalue weighted by atomic mass is 10.2. The molecule has 1 aromatic heterocycles. The first-order valence-corrected chi connectivity index (χ1v) is 6.51. The second kappa shape index (κ2) is 5.54. The molecule has 5 nitrogen and oxygen atoms in total. The molecule has 1 fully saturated rings. The highest BCUT2D eigenvalue weighted by molar-refractivity contribution is 8.00. The summed E-state index contributed by atoms with van der Waals surface area (Å²) in [6.07, 6.45) is 2.53. The maximum atomic E-state index is 5.74. The Hall–Kier alpha value is -0.750. The number of hydrogen-bond acceptors (Lipinski definition) is 6. The maximum Gasteiger partial charge on any atom is 0.322 e. The molecule has 0 bridgehead atoms. The van der Waals surface area contributed by atoms with E-state index in [0.717, 1.165) is 6.54 Å². The zero-order chi connectivity index (χ0) is 11.4. The number of rotatable bonds is 4. The number of hydrogen-bond donors (Lipinski definition) is 1. The highest BCUT2D eigenvalue weighted by Gasteiger charge is 2.15. The van der Waals surface area contributed by atoms with Gasteiger partial charge in [0.15, 0.2) is 0 Å². The third-order valence-electron chi connectivity index (χ3n) is 2.28. The van der Waals surface area contributed by atoms with Gasteiger partial charge in [-0.1, -0.05) is 0 Å². The second-order valence-electron chi connectivity index (χ2n) is 3.43. The van der Waals surface area contributed by atoms with Gasteiger partial charge in [0.2, 0.25) is 11.2 Å². The summed E-state index contributed by atoms with van der Waals surface area (Å²) in [5, 5.41) is 3.94. The van der Waals surface area contributed by atoms with Gasteiger partial charge in [0.1, 0.15) is 0 Å². The van der Waals surface area contributed by atoms with Gasteiger partial charge in [-0.2, -0.15) is 26.7 Å². The molecule has 0 saturated carbocycles. The van der Waals surface area contributed by atoms with Crippen molar-refractivity contribution < 1.29 is 4.74 Å². The first-order valence-electron chi connectivity index (χ1n) is 5.09. The topological polar surface area (TPSA) is 59.9 Å². The molecule has 0 spiro atoms. The predicted molar refractivity (Wildman–Crippen MR) is 65.4 cm³/mol. The van der Waals surface area contributed by atoms with Crippen LogP contribution in [0.3, 0.4) is 0 Å². The summed E-state index contributed by atoms with van der Waals surface area (Å²) in [6, 6.07) is 0.238. The molecule has 7 heteroatoms. The van der Waals surface area contributed by atoms with Crippen molar-refractivity contribution in [3.63, 3.8) is 0 Å². The summed E-state index contributed by atoms with van der Waals surface area (Å²) in [7, 11) is 1.50. The molecule has 88 valence electrons. The largest absolute Gasteiger partial charge is 0.467 e. The Morgan fingerprint density at radius 2 is 2.38 bits per heavy atom. The van der Waals surface area contributed by atoms with Crippen molar-refractivity contribution in [3.05, 3.63) is 5.28 Å². The number of halogens is 1. The number of thioether (sulfide) groups is 1. The van der Waals surface area contributed by atoms with E-state index in [1.807, 2.05) is 11.8 Å². The van der Waals surface area contributed by atoms with Gasteiger partial charge in [0.25, 0.3) is 0 Å². The highest BCUT2D eigenvalue weighted by atomic mass is 35.5. The molecule has 1 unspecified atom stereocenters. The van der Waals surface area contributed by atoms with E-state index in [4.69, 9.17) is 16.3 Å². The van der Waals surface area contributed by atoms with Crippen LogP contribution in [0.2, 0.25) is 5.28 Å². The Morgan fingerprint density at radius 1 is 1.50 bits per heavy atom. The molecule has 1 aliphatic heterocycles. The van der Waals surface area contributed by atoms with Gasteiger partial charge >= 0.3 is 6.01 Å². The van der Waals surface area contributed by atoms with Crippen LogP contribution in [0.1, 0.15) is 12.8 Å². The van der Waals surface area contributed by atoms with Gasteiger partial charge in [-0.05, 0) is 30.2 Å². The first kappa shape index (κ1) is 11.7. The lowest BCUT2D eigenvalue weighted by molar-refractivity contribution is 0.379. The second-order valence-corrected chi connectivity index (χ2v) is 5.18. The predicted octanol–water partition coefficient (Wildman–Crippen LogP) is 1.84. The monoisotopic (exact) mass is 260 g/mol. The van der Waals surface area contributed by atoms with E-state index in [2.05, 4.69) is 20.3 Å². The third-order valence-corrected chi connectivity index (χ3v) is 3.85. The summed E-state index contributed by atoms with van der Waals surface area (Å²) in [4.78, 5) is 11.9. The fraction of sp³-hybridized carbons (Fsp3) is 0.667. The van der Waals surface area contributed by atoms with Gasteiger partial charge < -0.3 is 10.1 Å². The molecule has 1 aliphatic rings. The molecule has 0 aromatic carbocycles. The number of ether oxygens (including phenoxy) is 1. The average Bonchev–Trinajstić information content (AvgIpc) is 2.78. The fourth-order valence-corrected chi connectivity index (χ4v) is 2.87. The lowest BCUT2D eigenvalue weighted by Crippen LogP contribution is -2.15. The smallest absolute Gasteiger partial charge is 0.322 e. The van der Waals surface area contributed by atoms with E-state index in [1.54, 1.807) is 0 Å². The van der Waals surface area contributed by atoms with Crippen LogP contribution in [-0.4, -0.2) is 39.6 Å². The van der Waals surface area contributed by atoms with Crippen molar-refractivity contribution in [1.82, 2.24) is 15.0 Å². The van der Waals surface area contributed by atoms with Gasteiger partial charge in [0, 0.05) is 11.8 Å². The van der Waals surface area contributed by atoms with E-state index in [9.17, 15) is 0 Å². The molecular weight excluding hydrogens is 248 g/mol. The molecule has 2 rings (SSSR count). The van der Waals surface area contributed by atoms with Crippen molar-refractivity contribution in [2.45, 2.75) is 18.1 Å². The van der Waals surface area contributed by atoms with Gasteiger partial charge in [-0.3, -0.25) is 0 Å². The van der Waals surface area contributed by atoms with Crippen LogP contribution >= 0.6 is 23.4 Å². The summed E-state index contributed by atoms with van der Waals surface area (Å²) < 4.78 is 4.92. The molecule has 0 aliphatic carbocycles. The van der Waals surface area contributed by atoms with Gasteiger partial charge in [0.05, 0.1) is 7.11 Å². The van der Waals surface area contributed by atoms with E-state index in [-0.39, 0.29) is 11.3 Å². The van der Waals surface area contributed by atoms with Crippen molar-refractivity contribution >= 4 is 29.3 Å². The Balaban J connectivity index is 1.94. The molecule has 0 radical (unpaired) electrons. The van der Waals surface area contributed by atoms with Crippen LogP contribution in [0.4, 0.5) is 5.95 Å². The third kappa shape index (κ3) is 3.12. The maximum absolute atomic E-state index is 5.74.